The molecule has 1 rings (SSSR count). The number of unbranched alkanes of at least 4 members (excludes halogenated alkanes) is 1. The highest BCUT2D eigenvalue weighted by atomic mass is 32.2. The molecule has 0 bridgehead atoms. The molecule has 1 aromatic carbocycles. The van der Waals surface area contributed by atoms with E-state index in [1.807, 2.05) is 0 Å². The van der Waals surface area contributed by atoms with Gasteiger partial charge in [-0.05, 0) is 18.9 Å². The third kappa shape index (κ3) is 4.51. The summed E-state index contributed by atoms with van der Waals surface area (Å²) in [5.74, 6) is -1.18. The fourth-order valence-electron chi connectivity index (χ4n) is 1.46. The Morgan fingerprint density at radius 2 is 2.10 bits per heavy atom. The highest BCUT2D eigenvalue weighted by molar-refractivity contribution is 7.89. The zero-order valence-corrected chi connectivity index (χ0v) is 11.7. The van der Waals surface area contributed by atoms with E-state index in [4.69, 9.17) is 4.74 Å². The summed E-state index contributed by atoms with van der Waals surface area (Å²) in [4.78, 5) is 9.19. The number of nitrogens with zero attached hydrogens (tertiary/aromatic N) is 1. The third-order valence-corrected chi connectivity index (χ3v) is 3.95. The summed E-state index contributed by atoms with van der Waals surface area (Å²) in [5, 5.41) is 10.4. The predicted molar refractivity (Wildman–Crippen MR) is 69.4 cm³/mol. The maximum Gasteiger partial charge on any atom is 0.304 e. The van der Waals surface area contributed by atoms with Crippen LogP contribution in [0.3, 0.4) is 0 Å². The number of nitro benzene ring substituents is 1. The topological polar surface area (TPSA) is 98.5 Å². The van der Waals surface area contributed by atoms with Crippen LogP contribution >= 0.6 is 0 Å². The Bertz CT molecular complexity index is 576. The Balaban J connectivity index is 2.73. The van der Waals surface area contributed by atoms with Crippen LogP contribution in [0.4, 0.5) is 10.1 Å². The van der Waals surface area contributed by atoms with E-state index in [1.54, 1.807) is 7.11 Å². The lowest BCUT2D eigenvalue weighted by molar-refractivity contribution is -0.387. The van der Waals surface area contributed by atoms with E-state index in [0.29, 0.717) is 25.5 Å². The van der Waals surface area contributed by atoms with Crippen LogP contribution < -0.4 is 4.72 Å². The molecule has 0 radical (unpaired) electrons. The molecule has 0 aliphatic carbocycles. The number of benzene rings is 1. The second-order valence-electron chi connectivity index (χ2n) is 3.97. The minimum Gasteiger partial charge on any atom is -0.385 e. The van der Waals surface area contributed by atoms with E-state index in [2.05, 4.69) is 4.72 Å². The summed E-state index contributed by atoms with van der Waals surface area (Å²) < 4.78 is 44.1. The molecule has 0 aliphatic rings. The molecule has 0 unspecified atom stereocenters. The van der Waals surface area contributed by atoms with Gasteiger partial charge in [-0.3, -0.25) is 10.1 Å². The van der Waals surface area contributed by atoms with Gasteiger partial charge in [-0.25, -0.2) is 13.1 Å². The number of ether oxygens (including phenoxy) is 1. The fourth-order valence-corrected chi connectivity index (χ4v) is 2.55. The molecule has 0 spiro atoms. The minimum absolute atomic E-state index is 0.185. The zero-order valence-electron chi connectivity index (χ0n) is 10.8. The summed E-state index contributed by atoms with van der Waals surface area (Å²) in [6.07, 6.45) is 1.26. The molecule has 7 nitrogen and oxygen atoms in total. The number of rotatable bonds is 8. The van der Waals surface area contributed by atoms with Crippen LogP contribution in [0.25, 0.3) is 0 Å². The van der Waals surface area contributed by atoms with Crippen LogP contribution in [-0.2, 0) is 14.8 Å². The van der Waals surface area contributed by atoms with E-state index < -0.39 is 26.5 Å². The van der Waals surface area contributed by atoms with Crippen LogP contribution in [0.2, 0.25) is 0 Å². The molecule has 1 aromatic rings. The summed E-state index contributed by atoms with van der Waals surface area (Å²) in [6.45, 7) is 0.707. The number of hydrogen-bond acceptors (Lipinski definition) is 5. The molecular weight excluding hydrogens is 291 g/mol. The number of methoxy groups -OCH3 is 1. The Morgan fingerprint density at radius 3 is 2.65 bits per heavy atom. The van der Waals surface area contributed by atoms with Gasteiger partial charge in [-0.15, -0.1) is 0 Å². The molecule has 0 fully saturated rings. The standard InChI is InChI=1S/C11H15FN2O5S/c1-19-7-3-2-6-13-20(17,18)9-4-5-11(14(15)16)10(12)8-9/h4-5,8,13H,2-3,6-7H2,1H3. The number of nitro groups is 1. The lowest BCUT2D eigenvalue weighted by atomic mass is 10.3. The quantitative estimate of drug-likeness (QED) is 0.445. The van der Waals surface area contributed by atoms with Gasteiger partial charge in [0, 0.05) is 32.4 Å². The maximum atomic E-state index is 13.4. The molecule has 0 amide bonds. The second-order valence-corrected chi connectivity index (χ2v) is 5.73. The van der Waals surface area contributed by atoms with Crippen LogP contribution in [0.1, 0.15) is 12.8 Å². The summed E-state index contributed by atoms with van der Waals surface area (Å²) in [6, 6.07) is 2.46. The van der Waals surface area contributed by atoms with Crippen molar-refractivity contribution in [3.8, 4) is 0 Å². The Morgan fingerprint density at radius 1 is 1.40 bits per heavy atom. The van der Waals surface area contributed by atoms with Crippen molar-refractivity contribution in [2.45, 2.75) is 17.7 Å². The molecule has 20 heavy (non-hydrogen) atoms. The molecular formula is C11H15FN2O5S. The first kappa shape index (κ1) is 16.5. The molecule has 0 heterocycles. The lowest BCUT2D eigenvalue weighted by Crippen LogP contribution is -2.25. The average molecular weight is 306 g/mol. The summed E-state index contributed by atoms with van der Waals surface area (Å²) >= 11 is 0. The summed E-state index contributed by atoms with van der Waals surface area (Å²) in [5.41, 5.74) is -0.760. The van der Waals surface area contributed by atoms with E-state index >= 15 is 0 Å². The first-order chi connectivity index (χ1) is 9.38. The van der Waals surface area contributed by atoms with Gasteiger partial charge in [0.15, 0.2) is 0 Å². The zero-order chi connectivity index (χ0) is 15.2. The molecule has 0 aliphatic heterocycles. The number of halogens is 1. The van der Waals surface area contributed by atoms with Crippen molar-refractivity contribution in [3.63, 3.8) is 0 Å². The Hall–Kier alpha value is -1.58. The van der Waals surface area contributed by atoms with E-state index in [1.165, 1.54) is 0 Å². The number of nitrogens with one attached hydrogen (secondary N) is 1. The van der Waals surface area contributed by atoms with Gasteiger partial charge >= 0.3 is 5.69 Å². The van der Waals surface area contributed by atoms with Gasteiger partial charge < -0.3 is 4.74 Å². The lowest BCUT2D eigenvalue weighted by Gasteiger charge is -2.06. The van der Waals surface area contributed by atoms with Crippen LogP contribution in [0, 0.1) is 15.9 Å². The summed E-state index contributed by atoms with van der Waals surface area (Å²) in [7, 11) is -2.32. The van der Waals surface area contributed by atoms with Crippen molar-refractivity contribution < 1.29 is 22.5 Å². The molecule has 1 N–H and O–H groups in total. The van der Waals surface area contributed by atoms with Crippen molar-refractivity contribution in [2.75, 3.05) is 20.3 Å². The SMILES string of the molecule is COCCCCNS(=O)(=O)c1ccc([N+](=O)[O-])c(F)c1. The van der Waals surface area contributed by atoms with Gasteiger partial charge in [-0.2, -0.15) is 4.39 Å². The molecule has 0 saturated carbocycles. The molecule has 112 valence electrons. The van der Waals surface area contributed by atoms with E-state index in [9.17, 15) is 22.9 Å². The van der Waals surface area contributed by atoms with Gasteiger partial charge in [0.2, 0.25) is 15.8 Å². The first-order valence-corrected chi connectivity index (χ1v) is 7.29. The normalized spacial score (nSPS) is 11.5. The molecule has 0 aromatic heterocycles. The van der Waals surface area contributed by atoms with Crippen LogP contribution in [0.15, 0.2) is 23.1 Å². The van der Waals surface area contributed by atoms with Gasteiger partial charge in [0.25, 0.3) is 0 Å². The smallest absolute Gasteiger partial charge is 0.304 e. The van der Waals surface area contributed by atoms with Crippen molar-refractivity contribution in [1.82, 2.24) is 4.72 Å². The Labute approximate surface area is 115 Å². The fraction of sp³-hybridized carbons (Fsp3) is 0.455. The molecule has 0 atom stereocenters. The highest BCUT2D eigenvalue weighted by Gasteiger charge is 2.20. The van der Waals surface area contributed by atoms with Crippen LogP contribution in [-0.4, -0.2) is 33.6 Å². The highest BCUT2D eigenvalue weighted by Crippen LogP contribution is 2.20. The number of hydrogen-bond donors (Lipinski definition) is 1. The maximum absolute atomic E-state index is 13.4. The van der Waals surface area contributed by atoms with Crippen molar-refractivity contribution in [1.29, 1.82) is 0 Å². The second kappa shape index (κ2) is 7.27. The Kier molecular flexibility index (Phi) is 5.99. The van der Waals surface area contributed by atoms with Crippen LogP contribution in [0.5, 0.6) is 0 Å². The first-order valence-electron chi connectivity index (χ1n) is 5.81. The largest absolute Gasteiger partial charge is 0.385 e. The van der Waals surface area contributed by atoms with Gasteiger partial charge in [0.05, 0.1) is 9.82 Å². The van der Waals surface area contributed by atoms with Crippen molar-refractivity contribution >= 4 is 15.7 Å². The van der Waals surface area contributed by atoms with Crippen molar-refractivity contribution in [2.24, 2.45) is 0 Å². The van der Waals surface area contributed by atoms with E-state index in [-0.39, 0.29) is 11.4 Å². The monoisotopic (exact) mass is 306 g/mol. The minimum atomic E-state index is -3.87. The molecule has 9 heteroatoms. The molecule has 0 saturated heterocycles. The third-order valence-electron chi connectivity index (χ3n) is 2.49. The predicted octanol–water partition coefficient (Wildman–Crippen LogP) is 1.44. The number of sulfonamides is 1. The van der Waals surface area contributed by atoms with E-state index in [0.717, 1.165) is 12.1 Å². The van der Waals surface area contributed by atoms with Crippen molar-refractivity contribution in [3.05, 3.63) is 34.1 Å². The van der Waals surface area contributed by atoms with Gasteiger partial charge in [-0.1, -0.05) is 0 Å². The average Bonchev–Trinajstić information content (AvgIpc) is 2.37. The van der Waals surface area contributed by atoms with Gasteiger partial charge in [0.1, 0.15) is 0 Å².